The van der Waals surface area contributed by atoms with E-state index in [1.807, 2.05) is 0 Å². The lowest BCUT2D eigenvalue weighted by Gasteiger charge is -2.17. The van der Waals surface area contributed by atoms with E-state index in [1.54, 1.807) is 0 Å². The van der Waals surface area contributed by atoms with Crippen molar-refractivity contribution in [2.75, 3.05) is 0 Å². The van der Waals surface area contributed by atoms with Crippen molar-refractivity contribution < 1.29 is 4.57 Å². The molecule has 0 saturated carbocycles. The maximum absolute atomic E-state index is 2.40. The van der Waals surface area contributed by atoms with E-state index < -0.39 is 0 Å². The van der Waals surface area contributed by atoms with Crippen LogP contribution in [0.1, 0.15) is 40.2 Å². The zero-order chi connectivity index (χ0) is 13.3. The third-order valence-electron chi connectivity index (χ3n) is 3.20. The van der Waals surface area contributed by atoms with Crippen LogP contribution in [0.5, 0.6) is 0 Å². The minimum atomic E-state index is 0.118. The quantitative estimate of drug-likeness (QED) is 0.699. The molecule has 0 aliphatic carbocycles. The lowest BCUT2D eigenvalue weighted by molar-refractivity contribution is -0.731. The van der Waals surface area contributed by atoms with Gasteiger partial charge in [0.2, 0.25) is 5.52 Å². The van der Waals surface area contributed by atoms with Crippen molar-refractivity contribution in [3.63, 3.8) is 0 Å². The molecule has 0 aliphatic heterocycles. The molecule has 0 atom stereocenters. The molecule has 18 heavy (non-hydrogen) atoms. The van der Waals surface area contributed by atoms with Gasteiger partial charge in [-0.15, -0.1) is 0 Å². The molecule has 1 heteroatoms. The Kier molecular flexibility index (Phi) is 3.43. The molecular formula is C17H24N+. The Bertz CT molecular complexity index is 547. The third kappa shape index (κ3) is 2.72. The van der Waals surface area contributed by atoms with E-state index in [1.165, 1.54) is 16.5 Å². The molecular weight excluding hydrogens is 218 g/mol. The lowest BCUT2D eigenvalue weighted by atomic mass is 10.0. The molecule has 2 aromatic rings. The number of para-hydroxylation sites is 1. The highest BCUT2D eigenvalue weighted by molar-refractivity contribution is 5.75. The average Bonchev–Trinajstić information content (AvgIpc) is 2.25. The van der Waals surface area contributed by atoms with Gasteiger partial charge in [-0.05, 0) is 24.5 Å². The number of hydrogen-bond donors (Lipinski definition) is 0. The number of benzene rings is 1. The Labute approximate surface area is 110 Å². The summed E-state index contributed by atoms with van der Waals surface area (Å²) in [6.45, 7) is 11.3. The van der Waals surface area contributed by atoms with Crippen LogP contribution in [0.3, 0.4) is 0 Å². The molecule has 1 aromatic heterocycles. The number of rotatable bonds is 2. The maximum Gasteiger partial charge on any atom is 0.212 e. The number of pyridine rings is 1. The van der Waals surface area contributed by atoms with Crippen molar-refractivity contribution in [2.45, 2.75) is 46.6 Å². The van der Waals surface area contributed by atoms with Crippen LogP contribution in [0, 0.1) is 5.92 Å². The lowest BCUT2D eigenvalue weighted by Crippen LogP contribution is -2.50. The minimum absolute atomic E-state index is 0.118. The van der Waals surface area contributed by atoms with Crippen molar-refractivity contribution in [1.29, 1.82) is 0 Å². The van der Waals surface area contributed by atoms with E-state index in [9.17, 15) is 0 Å². The van der Waals surface area contributed by atoms with Gasteiger partial charge in [0.15, 0.2) is 11.7 Å². The van der Waals surface area contributed by atoms with Gasteiger partial charge in [0.1, 0.15) is 0 Å². The Morgan fingerprint density at radius 1 is 1.11 bits per heavy atom. The van der Waals surface area contributed by atoms with E-state index in [4.69, 9.17) is 0 Å². The summed E-state index contributed by atoms with van der Waals surface area (Å²) in [5, 5.41) is 1.34. The first-order valence-electron chi connectivity index (χ1n) is 6.82. The number of hydrogen-bond acceptors (Lipinski definition) is 0. The molecule has 1 nitrogen and oxygen atoms in total. The summed E-state index contributed by atoms with van der Waals surface area (Å²) in [5.41, 5.74) is 2.86. The first-order chi connectivity index (χ1) is 8.38. The first-order valence-corrected chi connectivity index (χ1v) is 6.82. The third-order valence-corrected chi connectivity index (χ3v) is 3.20. The van der Waals surface area contributed by atoms with E-state index >= 15 is 0 Å². The van der Waals surface area contributed by atoms with Gasteiger partial charge < -0.3 is 0 Å². The van der Waals surface area contributed by atoms with Crippen LogP contribution >= 0.6 is 0 Å². The summed E-state index contributed by atoms with van der Waals surface area (Å²) in [5.74, 6) is 0.694. The predicted molar refractivity (Wildman–Crippen MR) is 77.7 cm³/mol. The van der Waals surface area contributed by atoms with Crippen molar-refractivity contribution >= 4 is 10.9 Å². The second-order valence-electron chi connectivity index (χ2n) is 6.55. The second-order valence-corrected chi connectivity index (χ2v) is 6.55. The summed E-state index contributed by atoms with van der Waals surface area (Å²) in [6.07, 6.45) is 3.46. The van der Waals surface area contributed by atoms with Gasteiger partial charge in [0, 0.05) is 37.8 Å². The fraction of sp³-hybridized carbons (Fsp3) is 0.471. The van der Waals surface area contributed by atoms with E-state index in [0.717, 1.165) is 6.42 Å². The molecule has 1 aromatic carbocycles. The van der Waals surface area contributed by atoms with Gasteiger partial charge >= 0.3 is 0 Å². The van der Waals surface area contributed by atoms with Crippen LogP contribution in [0.2, 0.25) is 0 Å². The van der Waals surface area contributed by atoms with E-state index in [2.05, 4.69) is 75.7 Å². The molecule has 0 bridgehead atoms. The van der Waals surface area contributed by atoms with Gasteiger partial charge in [-0.2, -0.15) is 4.57 Å². The zero-order valence-electron chi connectivity index (χ0n) is 12.2. The van der Waals surface area contributed by atoms with Crippen LogP contribution in [-0.2, 0) is 12.0 Å². The molecule has 0 radical (unpaired) electrons. The molecule has 0 saturated heterocycles. The van der Waals surface area contributed by atoms with Gasteiger partial charge in [-0.3, -0.25) is 0 Å². The predicted octanol–water partition coefficient (Wildman–Crippen LogP) is 4.08. The Morgan fingerprint density at radius 3 is 2.39 bits per heavy atom. The monoisotopic (exact) mass is 242 g/mol. The van der Waals surface area contributed by atoms with E-state index in [-0.39, 0.29) is 5.54 Å². The summed E-state index contributed by atoms with van der Waals surface area (Å²) in [7, 11) is 0. The fourth-order valence-electron chi connectivity index (χ4n) is 2.44. The van der Waals surface area contributed by atoms with Gasteiger partial charge in [-0.25, -0.2) is 0 Å². The average molecular weight is 242 g/mol. The molecule has 0 aliphatic rings. The van der Waals surface area contributed by atoms with Crippen molar-refractivity contribution in [2.24, 2.45) is 5.92 Å². The summed E-state index contributed by atoms with van der Waals surface area (Å²) in [4.78, 5) is 0. The van der Waals surface area contributed by atoms with Gasteiger partial charge in [0.05, 0.1) is 0 Å². The molecule has 0 N–H and O–H groups in total. The molecule has 0 fully saturated rings. The molecule has 2 rings (SSSR count). The van der Waals surface area contributed by atoms with Crippen molar-refractivity contribution in [3.8, 4) is 0 Å². The van der Waals surface area contributed by atoms with Gasteiger partial charge in [0.25, 0.3) is 0 Å². The van der Waals surface area contributed by atoms with Crippen LogP contribution in [-0.4, -0.2) is 0 Å². The minimum Gasteiger partial charge on any atom is -0.194 e. The van der Waals surface area contributed by atoms with Crippen LogP contribution in [0.4, 0.5) is 0 Å². The fourth-order valence-corrected chi connectivity index (χ4v) is 2.44. The largest absolute Gasteiger partial charge is 0.212 e. The molecule has 1 heterocycles. The number of aromatic nitrogens is 1. The summed E-state index contributed by atoms with van der Waals surface area (Å²) >= 11 is 0. The normalized spacial score (nSPS) is 12.3. The maximum atomic E-state index is 2.40. The molecule has 0 spiro atoms. The van der Waals surface area contributed by atoms with Crippen molar-refractivity contribution in [3.05, 3.63) is 42.1 Å². The SMILES string of the molecule is CC(C)Cc1cc2ccccc2[n+](C(C)(C)C)c1. The topological polar surface area (TPSA) is 3.88 Å². The van der Waals surface area contributed by atoms with Crippen LogP contribution < -0.4 is 4.57 Å². The summed E-state index contributed by atoms with van der Waals surface area (Å²) < 4.78 is 2.40. The highest BCUT2D eigenvalue weighted by Crippen LogP contribution is 2.18. The standard InChI is InChI=1S/C17H24N/c1-13(2)10-14-11-15-8-6-7-9-16(15)18(12-14)17(3,4)5/h6-9,11-13H,10H2,1-5H3/q+1. The second kappa shape index (κ2) is 4.72. The smallest absolute Gasteiger partial charge is 0.194 e. The van der Waals surface area contributed by atoms with Crippen LogP contribution in [0.15, 0.2) is 36.5 Å². The van der Waals surface area contributed by atoms with Gasteiger partial charge in [-0.1, -0.05) is 26.0 Å². The Balaban J connectivity index is 2.65. The first kappa shape index (κ1) is 13.1. The Hall–Kier alpha value is -1.37. The number of fused-ring (bicyclic) bond motifs is 1. The molecule has 96 valence electrons. The number of nitrogens with zero attached hydrogens (tertiary/aromatic N) is 1. The zero-order valence-corrected chi connectivity index (χ0v) is 12.2. The highest BCUT2D eigenvalue weighted by atomic mass is 15.0. The molecule has 0 amide bonds. The van der Waals surface area contributed by atoms with E-state index in [0.29, 0.717) is 5.92 Å². The van der Waals surface area contributed by atoms with Crippen LogP contribution in [0.25, 0.3) is 10.9 Å². The highest BCUT2D eigenvalue weighted by Gasteiger charge is 2.25. The Morgan fingerprint density at radius 2 is 1.78 bits per heavy atom. The van der Waals surface area contributed by atoms with Crippen molar-refractivity contribution in [1.82, 2.24) is 0 Å². The summed E-state index contributed by atoms with van der Waals surface area (Å²) in [6, 6.07) is 11.0. The molecule has 0 unspecified atom stereocenters.